The number of nitrogens with zero attached hydrogens (tertiary/aromatic N) is 3. The second-order valence-electron chi connectivity index (χ2n) is 9.11. The Hall–Kier alpha value is -4.33. The van der Waals surface area contributed by atoms with E-state index in [1.54, 1.807) is 17.3 Å². The number of nitrogens with one attached hydrogen (secondary N) is 1. The number of phenolic OH excluding ortho intramolecular Hbond substituents is 1. The Kier molecular flexibility index (Phi) is 6.56. The second kappa shape index (κ2) is 9.97. The lowest BCUT2D eigenvalue weighted by Gasteiger charge is -2.27. The largest absolute Gasteiger partial charge is 0.507 e. The minimum atomic E-state index is -0.466. The van der Waals surface area contributed by atoms with E-state index in [4.69, 9.17) is 9.47 Å². The van der Waals surface area contributed by atoms with Gasteiger partial charge in [-0.3, -0.25) is 14.9 Å². The summed E-state index contributed by atoms with van der Waals surface area (Å²) in [5.41, 5.74) is 5.79. The molecule has 1 atom stereocenters. The number of pyridine rings is 1. The number of carbonyl (C=O) groups excluding carboxylic acids is 1. The predicted octanol–water partition coefficient (Wildman–Crippen LogP) is 5.34. The molecule has 1 amide bonds. The van der Waals surface area contributed by atoms with Crippen molar-refractivity contribution < 1.29 is 19.4 Å². The van der Waals surface area contributed by atoms with Crippen molar-refractivity contribution in [2.75, 3.05) is 13.2 Å². The standard InChI is InChI=1S/C29H30N4O4/c1-5-36-22-10-9-20(14-23(22)37-6-2)27-24-25(21-13-17(3)12-18(4)28(21)34)31-32-26(24)29(35)33(27)16-19-8-7-11-30-15-19/h7-15,27,34H,5-6,16H2,1-4H3,(H,31,32). The van der Waals surface area contributed by atoms with Crippen molar-refractivity contribution in [3.05, 3.63) is 88.4 Å². The van der Waals surface area contributed by atoms with E-state index < -0.39 is 6.04 Å². The van der Waals surface area contributed by atoms with Crippen molar-refractivity contribution in [1.82, 2.24) is 20.1 Å². The number of hydrogen-bond donors (Lipinski definition) is 2. The molecular formula is C29H30N4O4. The molecule has 0 saturated heterocycles. The van der Waals surface area contributed by atoms with E-state index in [9.17, 15) is 9.90 Å². The Morgan fingerprint density at radius 2 is 1.84 bits per heavy atom. The smallest absolute Gasteiger partial charge is 0.273 e. The first-order chi connectivity index (χ1) is 17.9. The second-order valence-corrected chi connectivity index (χ2v) is 9.11. The molecule has 2 aromatic carbocycles. The van der Waals surface area contributed by atoms with Gasteiger partial charge in [-0.1, -0.05) is 18.2 Å². The lowest BCUT2D eigenvalue weighted by molar-refractivity contribution is 0.0729. The van der Waals surface area contributed by atoms with E-state index in [2.05, 4.69) is 15.2 Å². The van der Waals surface area contributed by atoms with Crippen molar-refractivity contribution in [1.29, 1.82) is 0 Å². The Balaban J connectivity index is 1.69. The number of rotatable bonds is 8. The molecule has 0 fully saturated rings. The number of amides is 1. The van der Waals surface area contributed by atoms with Crippen LogP contribution in [0.15, 0.2) is 54.9 Å². The van der Waals surface area contributed by atoms with Gasteiger partial charge in [0.05, 0.1) is 19.3 Å². The summed E-state index contributed by atoms with van der Waals surface area (Å²) in [7, 11) is 0. The Morgan fingerprint density at radius 3 is 2.57 bits per heavy atom. The third-order valence-corrected chi connectivity index (χ3v) is 6.52. The van der Waals surface area contributed by atoms with E-state index in [0.717, 1.165) is 27.8 Å². The van der Waals surface area contributed by atoms with Gasteiger partial charge in [0.25, 0.3) is 5.91 Å². The van der Waals surface area contributed by atoms with Crippen molar-refractivity contribution in [3.63, 3.8) is 0 Å². The third-order valence-electron chi connectivity index (χ3n) is 6.52. The maximum Gasteiger partial charge on any atom is 0.273 e. The predicted molar refractivity (Wildman–Crippen MR) is 140 cm³/mol. The zero-order chi connectivity index (χ0) is 26.1. The highest BCUT2D eigenvalue weighted by atomic mass is 16.5. The quantitative estimate of drug-likeness (QED) is 0.340. The molecule has 1 aliphatic rings. The Bertz CT molecular complexity index is 1450. The number of hydrogen-bond acceptors (Lipinski definition) is 6. The summed E-state index contributed by atoms with van der Waals surface area (Å²) in [6.07, 6.45) is 3.47. The molecule has 0 bridgehead atoms. The summed E-state index contributed by atoms with van der Waals surface area (Å²) in [4.78, 5) is 19.8. The van der Waals surface area contributed by atoms with Gasteiger partial charge in [0.15, 0.2) is 11.5 Å². The molecule has 1 aliphatic heterocycles. The van der Waals surface area contributed by atoms with E-state index in [-0.39, 0.29) is 11.7 Å². The van der Waals surface area contributed by atoms with Gasteiger partial charge < -0.3 is 19.5 Å². The van der Waals surface area contributed by atoms with Crippen LogP contribution in [0.3, 0.4) is 0 Å². The molecule has 1 unspecified atom stereocenters. The van der Waals surface area contributed by atoms with Crippen molar-refractivity contribution in [3.8, 4) is 28.5 Å². The maximum absolute atomic E-state index is 13.7. The topological polar surface area (TPSA) is 101 Å². The molecule has 0 aliphatic carbocycles. The van der Waals surface area contributed by atoms with Crippen LogP contribution in [0, 0.1) is 13.8 Å². The van der Waals surface area contributed by atoms with Crippen LogP contribution in [0.1, 0.15) is 58.2 Å². The van der Waals surface area contributed by atoms with Crippen molar-refractivity contribution >= 4 is 5.91 Å². The number of aromatic hydroxyl groups is 1. The molecule has 8 nitrogen and oxygen atoms in total. The number of aromatic amines is 1. The Morgan fingerprint density at radius 1 is 1.05 bits per heavy atom. The van der Waals surface area contributed by atoms with Crippen LogP contribution in [0.4, 0.5) is 0 Å². The van der Waals surface area contributed by atoms with Crippen LogP contribution in [0.2, 0.25) is 0 Å². The van der Waals surface area contributed by atoms with E-state index in [1.807, 2.05) is 70.2 Å². The number of phenols is 1. The average Bonchev–Trinajstić information content (AvgIpc) is 3.42. The number of benzene rings is 2. The number of H-pyrrole nitrogens is 1. The lowest BCUT2D eigenvalue weighted by atomic mass is 9.93. The SMILES string of the molecule is CCOc1ccc(C2c3c(-c4cc(C)cc(C)c4O)n[nH]c3C(=O)N2Cc2cccnc2)cc1OCC. The zero-order valence-corrected chi connectivity index (χ0v) is 21.4. The summed E-state index contributed by atoms with van der Waals surface area (Å²) in [5.74, 6) is 1.25. The molecule has 2 N–H and O–H groups in total. The fourth-order valence-corrected chi connectivity index (χ4v) is 4.98. The first-order valence-electron chi connectivity index (χ1n) is 12.4. The highest BCUT2D eigenvalue weighted by molar-refractivity contribution is 6.00. The fourth-order valence-electron chi connectivity index (χ4n) is 4.98. The van der Waals surface area contributed by atoms with Gasteiger partial charge >= 0.3 is 0 Å². The van der Waals surface area contributed by atoms with Gasteiger partial charge in [-0.05, 0) is 74.2 Å². The molecule has 5 rings (SSSR count). The van der Waals surface area contributed by atoms with E-state index >= 15 is 0 Å². The van der Waals surface area contributed by atoms with Gasteiger partial charge in [-0.15, -0.1) is 0 Å². The third kappa shape index (κ3) is 4.39. The monoisotopic (exact) mass is 498 g/mol. The van der Waals surface area contributed by atoms with Crippen molar-refractivity contribution in [2.45, 2.75) is 40.3 Å². The summed E-state index contributed by atoms with van der Waals surface area (Å²) >= 11 is 0. The fraction of sp³-hybridized carbons (Fsp3) is 0.276. The lowest BCUT2D eigenvalue weighted by Crippen LogP contribution is -2.29. The van der Waals surface area contributed by atoms with E-state index in [0.29, 0.717) is 48.2 Å². The van der Waals surface area contributed by atoms with Crippen LogP contribution in [-0.2, 0) is 6.54 Å². The van der Waals surface area contributed by atoms with E-state index in [1.165, 1.54) is 0 Å². The molecule has 0 spiro atoms. The van der Waals surface area contributed by atoms with Crippen LogP contribution in [0.25, 0.3) is 11.3 Å². The summed E-state index contributed by atoms with van der Waals surface area (Å²) in [5, 5.41) is 18.4. The number of carbonyl (C=O) groups is 1. The van der Waals surface area contributed by atoms with Gasteiger partial charge in [0, 0.05) is 30.1 Å². The van der Waals surface area contributed by atoms with Crippen LogP contribution >= 0.6 is 0 Å². The minimum absolute atomic E-state index is 0.151. The summed E-state index contributed by atoms with van der Waals surface area (Å²) in [6, 6.07) is 12.9. The van der Waals surface area contributed by atoms with Gasteiger partial charge in [0.1, 0.15) is 17.1 Å². The molecular weight excluding hydrogens is 468 g/mol. The molecule has 8 heteroatoms. The van der Waals surface area contributed by atoms with Crippen LogP contribution in [-0.4, -0.2) is 44.3 Å². The first kappa shape index (κ1) is 24.4. The highest BCUT2D eigenvalue weighted by Gasteiger charge is 2.43. The minimum Gasteiger partial charge on any atom is -0.507 e. The number of fused-ring (bicyclic) bond motifs is 1. The highest BCUT2D eigenvalue weighted by Crippen LogP contribution is 2.47. The maximum atomic E-state index is 13.7. The zero-order valence-electron chi connectivity index (χ0n) is 21.4. The number of aryl methyl sites for hydroxylation is 2. The van der Waals surface area contributed by atoms with Gasteiger partial charge in [-0.2, -0.15) is 5.10 Å². The van der Waals surface area contributed by atoms with Crippen LogP contribution < -0.4 is 9.47 Å². The number of aromatic nitrogens is 3. The summed E-state index contributed by atoms with van der Waals surface area (Å²) < 4.78 is 11.7. The average molecular weight is 499 g/mol. The molecule has 0 radical (unpaired) electrons. The summed E-state index contributed by atoms with van der Waals surface area (Å²) in [6.45, 7) is 9.02. The molecule has 4 aromatic rings. The molecule has 37 heavy (non-hydrogen) atoms. The van der Waals surface area contributed by atoms with Gasteiger partial charge in [0.2, 0.25) is 0 Å². The molecule has 0 saturated carbocycles. The normalized spacial score (nSPS) is 14.6. The van der Waals surface area contributed by atoms with Crippen LogP contribution in [0.5, 0.6) is 17.2 Å². The van der Waals surface area contributed by atoms with Crippen molar-refractivity contribution in [2.24, 2.45) is 0 Å². The molecule has 190 valence electrons. The molecule has 3 heterocycles. The Labute approximate surface area is 215 Å². The molecule has 2 aromatic heterocycles. The van der Waals surface area contributed by atoms with Gasteiger partial charge in [-0.25, -0.2) is 0 Å². The first-order valence-corrected chi connectivity index (χ1v) is 12.4. The number of ether oxygens (including phenoxy) is 2.